The van der Waals surface area contributed by atoms with Crippen LogP contribution in [0, 0.1) is 6.92 Å². The van der Waals surface area contributed by atoms with Crippen LogP contribution in [-0.4, -0.2) is 0 Å². The lowest BCUT2D eigenvalue weighted by Gasteiger charge is -1.99. The van der Waals surface area contributed by atoms with Crippen molar-refractivity contribution in [3.63, 3.8) is 0 Å². The zero-order valence-electron chi connectivity index (χ0n) is 6.80. The Labute approximate surface area is 67.9 Å². The number of aryl methyl sites for hydroxylation is 1. The van der Waals surface area contributed by atoms with Crippen LogP contribution in [0.4, 0.5) is 0 Å². The fourth-order valence-electron chi connectivity index (χ4n) is 1.02. The van der Waals surface area contributed by atoms with Crippen LogP contribution in [0.5, 0.6) is 0 Å². The predicted octanol–water partition coefficient (Wildman–Crippen LogP) is 2.88. The number of hydrogen-bond acceptors (Lipinski definition) is 0. The molecule has 0 heterocycles. The number of hydrogen-bond donors (Lipinski definition) is 0. The summed E-state index contributed by atoms with van der Waals surface area (Å²) in [5, 5.41) is 0. The monoisotopic (exact) mass is 144 g/mol. The van der Waals surface area contributed by atoms with Crippen LogP contribution in [0.2, 0.25) is 0 Å². The molecule has 0 amide bonds. The maximum atomic E-state index is 3.52. The molecule has 0 N–H and O–H groups in total. The third kappa shape index (κ3) is 2.10. The van der Waals surface area contributed by atoms with Gasteiger partial charge in [0.05, 0.1) is 0 Å². The molecule has 0 nitrogen and oxygen atoms in total. The van der Waals surface area contributed by atoms with Crippen LogP contribution in [0.15, 0.2) is 42.7 Å². The van der Waals surface area contributed by atoms with Gasteiger partial charge in [0.1, 0.15) is 0 Å². The van der Waals surface area contributed by atoms with E-state index in [4.69, 9.17) is 0 Å². The molecule has 1 rings (SSSR count). The van der Waals surface area contributed by atoms with E-state index < -0.39 is 0 Å². The molecule has 0 heteroatoms. The lowest BCUT2D eigenvalue weighted by atomic mass is 10.1. The molecule has 0 aliphatic carbocycles. The van der Waals surface area contributed by atoms with Gasteiger partial charge in [0.25, 0.3) is 0 Å². The summed E-state index contributed by atoms with van der Waals surface area (Å²) in [7, 11) is 0. The average Bonchev–Trinajstić information content (AvgIpc) is 2.03. The van der Waals surface area contributed by atoms with Crippen LogP contribution in [0.1, 0.15) is 11.1 Å². The topological polar surface area (TPSA) is 0 Å². The first kappa shape index (κ1) is 7.84. The zero-order chi connectivity index (χ0) is 8.10. The van der Waals surface area contributed by atoms with Crippen LogP contribution in [-0.2, 0) is 6.42 Å². The van der Waals surface area contributed by atoms with Crippen molar-refractivity contribution in [1.82, 2.24) is 0 Å². The van der Waals surface area contributed by atoms with Crippen LogP contribution >= 0.6 is 0 Å². The van der Waals surface area contributed by atoms with E-state index in [1.807, 2.05) is 6.08 Å². The number of allylic oxidation sites excluding steroid dienone is 1. The van der Waals surface area contributed by atoms with Crippen molar-refractivity contribution >= 4 is 0 Å². The molecule has 0 fully saturated rings. The summed E-state index contributed by atoms with van der Waals surface area (Å²) < 4.78 is 0. The molecule has 0 saturated carbocycles. The van der Waals surface area contributed by atoms with Gasteiger partial charge in [0.15, 0.2) is 0 Å². The second kappa shape index (κ2) is 3.80. The Balaban J connectivity index is 2.85. The second-order valence-corrected chi connectivity index (χ2v) is 2.54. The van der Waals surface area contributed by atoms with Crippen LogP contribution < -0.4 is 0 Å². The third-order valence-corrected chi connectivity index (χ3v) is 1.73. The molecule has 0 atom stereocenters. The molecule has 56 valence electrons. The highest BCUT2D eigenvalue weighted by molar-refractivity contribution is 5.27. The van der Waals surface area contributed by atoms with Crippen molar-refractivity contribution in [2.75, 3.05) is 0 Å². The molecule has 0 bridgehead atoms. The van der Waals surface area contributed by atoms with E-state index in [9.17, 15) is 0 Å². The summed E-state index contributed by atoms with van der Waals surface area (Å²) in [4.78, 5) is 0. The minimum absolute atomic E-state index is 0.941. The van der Waals surface area contributed by atoms with Gasteiger partial charge in [0.2, 0.25) is 0 Å². The molecule has 0 unspecified atom stereocenters. The smallest absolute Gasteiger partial charge is 0.00188 e. The van der Waals surface area contributed by atoms with Gasteiger partial charge in [-0.3, -0.25) is 0 Å². The average molecular weight is 144 g/mol. The van der Waals surface area contributed by atoms with E-state index >= 15 is 0 Å². The van der Waals surface area contributed by atoms with Crippen molar-refractivity contribution in [1.29, 1.82) is 0 Å². The van der Waals surface area contributed by atoms with Gasteiger partial charge in [-0.15, -0.1) is 5.73 Å². The quantitative estimate of drug-likeness (QED) is 0.560. The summed E-state index contributed by atoms with van der Waals surface area (Å²) >= 11 is 0. The standard InChI is InChI=1S/C11H12/c1-3-4-8-11-9-6-5-7-10(11)2/h4-7,9H,1,8H2,2H3. The summed E-state index contributed by atoms with van der Waals surface area (Å²) in [6.07, 6.45) is 2.89. The molecule has 0 spiro atoms. The lowest BCUT2D eigenvalue weighted by molar-refractivity contribution is 1.22. The first-order chi connectivity index (χ1) is 5.34. The van der Waals surface area contributed by atoms with Crippen molar-refractivity contribution in [2.24, 2.45) is 0 Å². The van der Waals surface area contributed by atoms with Gasteiger partial charge in [-0.1, -0.05) is 30.8 Å². The first-order valence-electron chi connectivity index (χ1n) is 3.73. The van der Waals surface area contributed by atoms with E-state index in [2.05, 4.69) is 43.5 Å². The Morgan fingerprint density at radius 2 is 2.18 bits per heavy atom. The second-order valence-electron chi connectivity index (χ2n) is 2.54. The van der Waals surface area contributed by atoms with E-state index in [0.717, 1.165) is 6.42 Å². The molecule has 0 saturated heterocycles. The van der Waals surface area contributed by atoms with Gasteiger partial charge >= 0.3 is 0 Å². The normalized spacial score (nSPS) is 8.82. The molecule has 0 radical (unpaired) electrons. The van der Waals surface area contributed by atoms with Gasteiger partial charge in [-0.05, 0) is 30.5 Å². The van der Waals surface area contributed by atoms with Crippen LogP contribution in [0.25, 0.3) is 0 Å². The fraction of sp³-hybridized carbons (Fsp3) is 0.182. The minimum Gasteiger partial charge on any atom is -0.133 e. The predicted molar refractivity (Wildman–Crippen MR) is 48.6 cm³/mol. The zero-order valence-corrected chi connectivity index (χ0v) is 6.80. The Morgan fingerprint density at radius 3 is 2.82 bits per heavy atom. The molecule has 1 aromatic carbocycles. The van der Waals surface area contributed by atoms with Crippen molar-refractivity contribution < 1.29 is 0 Å². The Kier molecular flexibility index (Phi) is 2.71. The Hall–Kier alpha value is -1.26. The van der Waals surface area contributed by atoms with Gasteiger partial charge < -0.3 is 0 Å². The molecular formula is C11H12. The van der Waals surface area contributed by atoms with Crippen LogP contribution in [0.3, 0.4) is 0 Å². The molecule has 0 aromatic heterocycles. The van der Waals surface area contributed by atoms with Crippen molar-refractivity contribution in [3.8, 4) is 0 Å². The number of rotatable bonds is 2. The summed E-state index contributed by atoms with van der Waals surface area (Å²) in [5.74, 6) is 0. The largest absolute Gasteiger partial charge is 0.133 e. The van der Waals surface area contributed by atoms with Crippen molar-refractivity contribution in [2.45, 2.75) is 13.3 Å². The molecule has 0 aliphatic heterocycles. The van der Waals surface area contributed by atoms with E-state index in [1.54, 1.807) is 0 Å². The number of benzene rings is 1. The third-order valence-electron chi connectivity index (χ3n) is 1.73. The highest BCUT2D eigenvalue weighted by Crippen LogP contribution is 2.07. The SMILES string of the molecule is C=C=CCc1ccccc1C. The van der Waals surface area contributed by atoms with E-state index in [0.29, 0.717) is 0 Å². The van der Waals surface area contributed by atoms with Gasteiger partial charge in [-0.2, -0.15) is 0 Å². The molecule has 11 heavy (non-hydrogen) atoms. The summed E-state index contributed by atoms with van der Waals surface area (Å²) in [5.41, 5.74) is 5.45. The highest BCUT2D eigenvalue weighted by atomic mass is 14.0. The van der Waals surface area contributed by atoms with Gasteiger partial charge in [-0.25, -0.2) is 0 Å². The van der Waals surface area contributed by atoms with E-state index in [-0.39, 0.29) is 0 Å². The lowest BCUT2D eigenvalue weighted by Crippen LogP contribution is -1.84. The first-order valence-corrected chi connectivity index (χ1v) is 3.73. The Morgan fingerprint density at radius 1 is 1.45 bits per heavy atom. The summed E-state index contributed by atoms with van der Waals surface area (Å²) in [6.45, 7) is 5.64. The fourth-order valence-corrected chi connectivity index (χ4v) is 1.02. The highest BCUT2D eigenvalue weighted by Gasteiger charge is 1.91. The summed E-state index contributed by atoms with van der Waals surface area (Å²) in [6, 6.07) is 8.35. The maximum absolute atomic E-state index is 3.52. The molecule has 0 aliphatic rings. The minimum atomic E-state index is 0.941. The Bertz CT molecular complexity index is 278. The van der Waals surface area contributed by atoms with Gasteiger partial charge in [0, 0.05) is 0 Å². The molecular weight excluding hydrogens is 132 g/mol. The van der Waals surface area contributed by atoms with Crippen molar-refractivity contribution in [3.05, 3.63) is 53.8 Å². The maximum Gasteiger partial charge on any atom is -0.00188 e. The van der Waals surface area contributed by atoms with E-state index in [1.165, 1.54) is 11.1 Å². The molecule has 1 aromatic rings.